The minimum Gasteiger partial charge on any atom is -0.489 e. The fraction of sp³-hybridized carbons (Fsp3) is 0.647. The number of hydrogen-bond donors (Lipinski definition) is 0. The average Bonchev–Trinajstić information content (AvgIpc) is 3.17. The van der Waals surface area contributed by atoms with Gasteiger partial charge >= 0.3 is 7.12 Å². The summed E-state index contributed by atoms with van der Waals surface area (Å²) in [6, 6.07) is 6.16. The first-order valence-electron chi connectivity index (χ1n) is 8.04. The van der Waals surface area contributed by atoms with E-state index in [4.69, 9.17) is 14.0 Å². The molecule has 3 rings (SSSR count). The van der Waals surface area contributed by atoms with E-state index in [0.29, 0.717) is 6.10 Å². The second-order valence-electron chi connectivity index (χ2n) is 7.50. The van der Waals surface area contributed by atoms with Crippen LogP contribution in [0.3, 0.4) is 0 Å². The molecule has 1 heterocycles. The first-order chi connectivity index (χ1) is 10.2. The molecule has 22 heavy (non-hydrogen) atoms. The number of ether oxygens (including phenoxy) is 1. The zero-order chi connectivity index (χ0) is 16.1. The van der Waals surface area contributed by atoms with Crippen molar-refractivity contribution in [1.29, 1.82) is 0 Å². The molecule has 0 atom stereocenters. The minimum absolute atomic E-state index is 0.335. The number of hydrogen-bond acceptors (Lipinski definition) is 4. The second kappa shape index (κ2) is 5.17. The standard InChI is InChI=1S/C17H26BNO3/c1-16(2)17(3,4)22-18(21-16)13-8-7-9-14(19(5)6)15(13)20-12-10-11-12/h7-9,12H,10-11H2,1-6H3. The molecule has 1 saturated heterocycles. The number of benzene rings is 1. The van der Waals surface area contributed by atoms with Gasteiger partial charge in [0.2, 0.25) is 0 Å². The lowest BCUT2D eigenvalue weighted by molar-refractivity contribution is 0.00578. The molecule has 0 aromatic heterocycles. The summed E-state index contributed by atoms with van der Waals surface area (Å²) < 4.78 is 18.6. The van der Waals surface area contributed by atoms with Crippen LogP contribution in [0.15, 0.2) is 18.2 Å². The highest BCUT2D eigenvalue weighted by atomic mass is 16.7. The van der Waals surface area contributed by atoms with Crippen molar-refractivity contribution < 1.29 is 14.0 Å². The molecule has 0 radical (unpaired) electrons. The van der Waals surface area contributed by atoms with Gasteiger partial charge in [0.15, 0.2) is 0 Å². The molecule has 2 fully saturated rings. The quantitative estimate of drug-likeness (QED) is 0.800. The number of para-hydroxylation sites is 1. The molecule has 0 amide bonds. The van der Waals surface area contributed by atoms with Crippen molar-refractivity contribution >= 4 is 18.3 Å². The maximum atomic E-state index is 6.21. The van der Waals surface area contributed by atoms with Gasteiger partial charge in [0, 0.05) is 19.6 Å². The Kier molecular flexibility index (Phi) is 3.69. The normalized spacial score (nSPS) is 22.7. The molecule has 0 N–H and O–H groups in total. The minimum atomic E-state index is -0.390. The molecule has 1 aliphatic carbocycles. The van der Waals surface area contributed by atoms with Crippen molar-refractivity contribution in [3.05, 3.63) is 18.2 Å². The number of rotatable bonds is 4. The maximum absolute atomic E-state index is 6.21. The van der Waals surface area contributed by atoms with Crippen LogP contribution >= 0.6 is 0 Å². The fourth-order valence-corrected chi connectivity index (χ4v) is 2.53. The van der Waals surface area contributed by atoms with Crippen LogP contribution in [0.5, 0.6) is 5.75 Å². The van der Waals surface area contributed by atoms with Crippen LogP contribution < -0.4 is 15.1 Å². The first kappa shape index (κ1) is 15.7. The van der Waals surface area contributed by atoms with Gasteiger partial charge in [-0.2, -0.15) is 0 Å². The van der Waals surface area contributed by atoms with Crippen LogP contribution in [0.2, 0.25) is 0 Å². The van der Waals surface area contributed by atoms with E-state index in [0.717, 1.165) is 29.7 Å². The van der Waals surface area contributed by atoms with Crippen molar-refractivity contribution in [2.45, 2.75) is 57.8 Å². The third-order valence-corrected chi connectivity index (χ3v) is 4.82. The van der Waals surface area contributed by atoms with Crippen molar-refractivity contribution in [2.75, 3.05) is 19.0 Å². The number of nitrogens with zero attached hydrogens (tertiary/aromatic N) is 1. The summed E-state index contributed by atoms with van der Waals surface area (Å²) >= 11 is 0. The van der Waals surface area contributed by atoms with Crippen molar-refractivity contribution in [3.63, 3.8) is 0 Å². The molecule has 1 aromatic rings. The highest BCUT2D eigenvalue weighted by Gasteiger charge is 2.52. The van der Waals surface area contributed by atoms with E-state index in [1.807, 2.05) is 26.2 Å². The molecule has 120 valence electrons. The van der Waals surface area contributed by atoms with E-state index in [2.05, 4.69) is 38.7 Å². The summed E-state index contributed by atoms with van der Waals surface area (Å²) in [4.78, 5) is 2.08. The van der Waals surface area contributed by atoms with Gasteiger partial charge in [-0.05, 0) is 46.6 Å². The van der Waals surface area contributed by atoms with Gasteiger partial charge in [0.1, 0.15) is 5.75 Å². The summed E-state index contributed by atoms with van der Waals surface area (Å²) in [5.41, 5.74) is 1.36. The Hall–Kier alpha value is -1.20. The smallest absolute Gasteiger partial charge is 0.489 e. The zero-order valence-corrected chi connectivity index (χ0v) is 14.5. The number of anilines is 1. The Morgan fingerprint density at radius 2 is 1.68 bits per heavy atom. The molecule has 1 aliphatic heterocycles. The molecular formula is C17H26BNO3. The van der Waals surface area contributed by atoms with Crippen molar-refractivity contribution in [1.82, 2.24) is 0 Å². The molecule has 4 nitrogen and oxygen atoms in total. The molecule has 0 bridgehead atoms. The highest BCUT2D eigenvalue weighted by molar-refractivity contribution is 6.63. The Morgan fingerprint density at radius 3 is 2.18 bits per heavy atom. The Morgan fingerprint density at radius 1 is 1.09 bits per heavy atom. The lowest BCUT2D eigenvalue weighted by Gasteiger charge is -2.32. The molecule has 0 unspecified atom stereocenters. The summed E-state index contributed by atoms with van der Waals surface area (Å²) in [5.74, 6) is 0.897. The molecule has 1 aromatic carbocycles. The van der Waals surface area contributed by atoms with Gasteiger partial charge < -0.3 is 18.9 Å². The van der Waals surface area contributed by atoms with E-state index in [-0.39, 0.29) is 11.2 Å². The van der Waals surface area contributed by atoms with Crippen LogP contribution in [0, 0.1) is 0 Å². The average molecular weight is 303 g/mol. The van der Waals surface area contributed by atoms with Gasteiger partial charge in [-0.1, -0.05) is 12.1 Å². The largest absolute Gasteiger partial charge is 0.498 e. The van der Waals surface area contributed by atoms with E-state index < -0.39 is 7.12 Å². The third-order valence-electron chi connectivity index (χ3n) is 4.82. The van der Waals surface area contributed by atoms with Crippen LogP contribution in [-0.2, 0) is 9.31 Å². The van der Waals surface area contributed by atoms with Gasteiger partial charge in [0.25, 0.3) is 0 Å². The van der Waals surface area contributed by atoms with Gasteiger partial charge in [0.05, 0.1) is 23.0 Å². The second-order valence-corrected chi connectivity index (χ2v) is 7.50. The molecule has 2 aliphatic rings. The summed E-state index contributed by atoms with van der Waals surface area (Å²) in [6.07, 6.45) is 2.59. The van der Waals surface area contributed by atoms with Crippen molar-refractivity contribution in [2.24, 2.45) is 0 Å². The third kappa shape index (κ3) is 2.72. The summed E-state index contributed by atoms with van der Waals surface area (Å²) in [5, 5.41) is 0. The maximum Gasteiger partial charge on any atom is 0.498 e. The van der Waals surface area contributed by atoms with Crippen LogP contribution in [-0.4, -0.2) is 38.5 Å². The Bertz CT molecular complexity index is 551. The van der Waals surface area contributed by atoms with Gasteiger partial charge in [-0.25, -0.2) is 0 Å². The summed E-state index contributed by atoms with van der Waals surface area (Å²) in [7, 11) is 3.67. The SMILES string of the molecule is CN(C)c1cccc(B2OC(C)(C)C(C)(C)O2)c1OC1CC1. The van der Waals surface area contributed by atoms with Crippen LogP contribution in [0.25, 0.3) is 0 Å². The van der Waals surface area contributed by atoms with Crippen molar-refractivity contribution in [3.8, 4) is 5.75 Å². The van der Waals surface area contributed by atoms with E-state index in [1.165, 1.54) is 0 Å². The van der Waals surface area contributed by atoms with Gasteiger partial charge in [-0.15, -0.1) is 0 Å². The molecular weight excluding hydrogens is 277 g/mol. The lowest BCUT2D eigenvalue weighted by Crippen LogP contribution is -2.41. The first-order valence-corrected chi connectivity index (χ1v) is 8.04. The molecule has 0 spiro atoms. The zero-order valence-electron chi connectivity index (χ0n) is 14.5. The lowest BCUT2D eigenvalue weighted by atomic mass is 9.78. The summed E-state index contributed by atoms with van der Waals surface area (Å²) in [6.45, 7) is 8.29. The Balaban J connectivity index is 1.98. The van der Waals surface area contributed by atoms with E-state index >= 15 is 0 Å². The van der Waals surface area contributed by atoms with E-state index in [1.54, 1.807) is 0 Å². The highest BCUT2D eigenvalue weighted by Crippen LogP contribution is 2.39. The van der Waals surface area contributed by atoms with Crippen LogP contribution in [0.1, 0.15) is 40.5 Å². The molecule has 1 saturated carbocycles. The van der Waals surface area contributed by atoms with Crippen LogP contribution in [0.4, 0.5) is 5.69 Å². The Labute approximate surface area is 133 Å². The van der Waals surface area contributed by atoms with E-state index in [9.17, 15) is 0 Å². The predicted octanol–water partition coefficient (Wildman–Crippen LogP) is 2.59. The monoisotopic (exact) mass is 303 g/mol. The predicted molar refractivity (Wildman–Crippen MR) is 90.1 cm³/mol. The topological polar surface area (TPSA) is 30.9 Å². The van der Waals surface area contributed by atoms with Gasteiger partial charge in [-0.3, -0.25) is 0 Å². The molecule has 5 heteroatoms. The fourth-order valence-electron chi connectivity index (χ4n) is 2.53.